The fourth-order valence-electron chi connectivity index (χ4n) is 29.9. The van der Waals surface area contributed by atoms with Crippen LogP contribution >= 0.6 is 0 Å². The lowest BCUT2D eigenvalue weighted by molar-refractivity contribution is -0.170. The molecule has 408 valence electrons. The minimum absolute atomic E-state index is 0.0716. The highest BCUT2D eigenvalue weighted by Gasteiger charge is 3.08. The molecule has 90 heavy (non-hydrogen) atoms. The lowest BCUT2D eigenvalue weighted by atomic mass is 9.60. The minimum atomic E-state index is -2.07. The summed E-state index contributed by atoms with van der Waals surface area (Å²) in [4.78, 5) is 70.7. The van der Waals surface area contributed by atoms with Crippen LogP contribution in [0, 0.1) is 10.8 Å². The van der Waals surface area contributed by atoms with E-state index in [9.17, 15) is 0 Å². The van der Waals surface area contributed by atoms with Crippen molar-refractivity contribution in [2.45, 2.75) is 21.7 Å². The Hall–Kier alpha value is -9.56. The van der Waals surface area contributed by atoms with Crippen molar-refractivity contribution in [1.29, 1.82) is 0 Å². The number of carbonyl (C=O) groups is 4. The summed E-state index contributed by atoms with van der Waals surface area (Å²) >= 11 is 0. The van der Waals surface area contributed by atoms with Gasteiger partial charge in [-0.15, -0.1) is 0 Å². The quantitative estimate of drug-likeness (QED) is 0.0617. The first kappa shape index (κ1) is 38.8. The number of hydrogen-bond acceptors (Lipinski definition) is 12. The van der Waals surface area contributed by atoms with Crippen molar-refractivity contribution >= 4 is 283 Å². The largest absolute Gasteiger partial charge is 0.462 e. The van der Waals surface area contributed by atoms with E-state index in [1.165, 1.54) is 226 Å². The first-order valence-corrected chi connectivity index (χ1v) is 32.6. The maximum Gasteiger partial charge on any atom is 0.326 e. The Morgan fingerprint density at radius 3 is 0.556 bits per heavy atom. The van der Waals surface area contributed by atoms with E-state index in [2.05, 4.69) is 0 Å². The van der Waals surface area contributed by atoms with Crippen LogP contribution in [0.1, 0.15) is 44.5 Å². The Balaban J connectivity index is 0.975. The van der Waals surface area contributed by atoms with Gasteiger partial charge < -0.3 is 37.9 Å². The van der Waals surface area contributed by atoms with Crippen LogP contribution in [0.25, 0.3) is 259 Å². The van der Waals surface area contributed by atoms with Crippen LogP contribution in [0.15, 0.2) is 0 Å². The second-order valence-electron chi connectivity index (χ2n) is 30.5. The molecule has 6 bridgehead atoms. The lowest BCUT2D eigenvalue weighted by Crippen LogP contribution is -2.40. The van der Waals surface area contributed by atoms with Crippen molar-refractivity contribution in [1.82, 2.24) is 0 Å². The van der Waals surface area contributed by atoms with Gasteiger partial charge in [0.1, 0.15) is 26.4 Å². The Bertz CT molecular complexity index is 7540. The minimum Gasteiger partial charge on any atom is -0.462 e. The number of cyclic esters (lactones) is 4. The Kier molecular flexibility index (Phi) is 4.11. The van der Waals surface area contributed by atoms with Crippen molar-refractivity contribution in [2.75, 3.05) is 79.3 Å². The molecule has 4 spiro atoms. The SMILES string of the molecule is O=C1OCCOCCOCCOC(=O)C23C(=O)OCCOCCOCCOC(=O)C14C15C6=C7c8c9c%10c%11c(c%12c%13c1c1c6c6c%14c%15c%16c%17c%18c(c8c8c%10c%10c%19c%11c%11c%12c%12c%13c%13c1c%14c1c%14c%15c%15c%17c%17c%18c8c%10c8c%17c%10c%15c%14c%14c(c%131)c%12c1c%11c%19c8c%10c1%14)C72C6%163)C945. The molecule has 24 aromatic rings. The van der Waals surface area contributed by atoms with Gasteiger partial charge in [-0.05, 0) is 303 Å². The summed E-state index contributed by atoms with van der Waals surface area (Å²) in [7, 11) is 0. The Morgan fingerprint density at radius 1 is 0.167 bits per heavy atom. The van der Waals surface area contributed by atoms with Crippen molar-refractivity contribution < 1.29 is 57.1 Å². The summed E-state index contributed by atoms with van der Waals surface area (Å²) in [6.45, 7) is 0.629. The molecule has 0 aromatic heterocycles. The smallest absolute Gasteiger partial charge is 0.326 e. The van der Waals surface area contributed by atoms with Crippen LogP contribution in [0.3, 0.4) is 0 Å². The maximum absolute atomic E-state index is 17.7. The van der Waals surface area contributed by atoms with Gasteiger partial charge in [-0.3, -0.25) is 19.2 Å². The van der Waals surface area contributed by atoms with E-state index in [1.807, 2.05) is 0 Å². The molecule has 0 radical (unpaired) electrons. The highest BCUT2D eigenvalue weighted by molar-refractivity contribution is 6.80. The van der Waals surface area contributed by atoms with Crippen LogP contribution in [0.5, 0.6) is 0 Å². The van der Waals surface area contributed by atoms with Gasteiger partial charge in [0.15, 0.2) is 10.8 Å². The molecule has 24 aromatic carbocycles. The van der Waals surface area contributed by atoms with Crippen molar-refractivity contribution in [3.8, 4) is 0 Å². The second-order valence-corrected chi connectivity index (χ2v) is 30.5. The van der Waals surface area contributed by atoms with Gasteiger partial charge in [0.25, 0.3) is 0 Å². The van der Waals surface area contributed by atoms with E-state index in [4.69, 9.17) is 37.9 Å². The topological polar surface area (TPSA) is 142 Å². The molecular weight excluding hydrogens is 1130 g/mol. The van der Waals surface area contributed by atoms with Crippen LogP contribution in [0.2, 0.25) is 0 Å². The molecule has 36 rings (SSSR count). The van der Waals surface area contributed by atoms with Crippen LogP contribution < -0.4 is 0 Å². The van der Waals surface area contributed by atoms with E-state index in [0.29, 0.717) is 0 Å². The summed E-state index contributed by atoms with van der Waals surface area (Å²) in [6, 6.07) is 0. The zero-order valence-electron chi connectivity index (χ0n) is 46.4. The molecule has 4 unspecified atom stereocenters. The first-order valence-electron chi connectivity index (χ1n) is 32.6. The normalized spacial score (nSPS) is 31.1. The van der Waals surface area contributed by atoms with Gasteiger partial charge in [-0.25, -0.2) is 0 Å². The summed E-state index contributed by atoms with van der Waals surface area (Å²) in [5.41, 5.74) is 0.214. The van der Waals surface area contributed by atoms with E-state index in [-0.39, 0.29) is 79.3 Å². The molecule has 12 nitrogen and oxygen atoms in total. The van der Waals surface area contributed by atoms with Gasteiger partial charge >= 0.3 is 23.9 Å². The Morgan fingerprint density at radius 2 is 0.333 bits per heavy atom. The van der Waals surface area contributed by atoms with Crippen LogP contribution in [-0.2, 0) is 78.7 Å². The number of ether oxygens (including phenoxy) is 8. The fraction of sp³-hybridized carbons (Fsp3) is 0.231. The van der Waals surface area contributed by atoms with E-state index in [0.717, 1.165) is 77.2 Å². The summed E-state index contributed by atoms with van der Waals surface area (Å²) in [5.74, 6) is -2.49. The third-order valence-corrected chi connectivity index (χ3v) is 30.1. The molecule has 0 saturated heterocycles. The predicted octanol–water partition coefficient (Wildman–Crippen LogP) is 13.1. The van der Waals surface area contributed by atoms with Crippen LogP contribution in [-0.4, -0.2) is 103 Å². The number of rotatable bonds is 0. The summed E-state index contributed by atoms with van der Waals surface area (Å²) in [6.07, 6.45) is 0. The van der Waals surface area contributed by atoms with Crippen molar-refractivity contribution in [3.05, 3.63) is 44.5 Å². The van der Waals surface area contributed by atoms with Crippen LogP contribution in [0.4, 0.5) is 0 Å². The van der Waals surface area contributed by atoms with Gasteiger partial charge in [-0.2, -0.15) is 0 Å². The fourth-order valence-corrected chi connectivity index (χ4v) is 29.9. The molecular formula is C78H24O12. The molecule has 0 amide bonds. The predicted molar refractivity (Wildman–Crippen MR) is 339 cm³/mol. The second kappa shape index (κ2) is 9.53. The Labute approximate surface area is 493 Å². The van der Waals surface area contributed by atoms with Crippen molar-refractivity contribution in [2.24, 2.45) is 10.8 Å². The number of benzene rings is 16. The maximum atomic E-state index is 17.7. The molecule has 2 heterocycles. The third kappa shape index (κ3) is 2.24. The number of hydrogen-bond donors (Lipinski definition) is 0. The molecule has 4 atom stereocenters. The van der Waals surface area contributed by atoms with E-state index in [1.54, 1.807) is 0 Å². The standard InChI is InChI=1S/C78H24O12/c79-69-77-71(81)89-11-7-85-3-4-86-8-12-90-72(82)78(70(80)88-10-6-84-2-1-83-5-9-87-69)74-62-50-42-34-26-18-13-14-16-19-23-17(14)25-21-15(13)20-24(18)36(42)44-38-27(20)31-29(21)39-33(25)41-35(23)43-37-28(19)32-30(22(16)26)40(34)54(62)56-46(32)47(37)57-60(66(56)74)67-68-59-58(64(52(44)50)76(68,74)78)48(38)45(31)55-53(39)61-49(41)51(43)63(57)75(67,77)73(61,77)65(55)59/h1-12H2. The highest BCUT2D eigenvalue weighted by atomic mass is 16.6. The highest BCUT2D eigenvalue weighted by Crippen LogP contribution is 3.05. The molecule has 2 saturated carbocycles. The van der Waals surface area contributed by atoms with Gasteiger partial charge in [0.2, 0.25) is 0 Å². The third-order valence-electron chi connectivity index (χ3n) is 30.1. The zero-order valence-corrected chi connectivity index (χ0v) is 46.4. The average molecular weight is 1150 g/mol. The number of esters is 4. The van der Waals surface area contributed by atoms with Gasteiger partial charge in [-0.1, -0.05) is 0 Å². The zero-order chi connectivity index (χ0) is 55.8. The monoisotopic (exact) mass is 1150 g/mol. The molecule has 2 fully saturated rings. The lowest BCUT2D eigenvalue weighted by Gasteiger charge is -2.39. The van der Waals surface area contributed by atoms with E-state index >= 15 is 19.2 Å². The average Bonchev–Trinajstić information content (AvgIpc) is 1.34. The number of carbonyl (C=O) groups excluding carboxylic acids is 4. The molecule has 12 heteroatoms. The molecule has 12 aliphatic rings. The van der Waals surface area contributed by atoms with Gasteiger partial charge in [0.05, 0.1) is 74.5 Å². The van der Waals surface area contributed by atoms with E-state index < -0.39 is 56.4 Å². The molecule has 2 aliphatic heterocycles. The molecule has 10 aliphatic carbocycles. The first-order chi connectivity index (χ1) is 44.6. The van der Waals surface area contributed by atoms with Crippen molar-refractivity contribution in [3.63, 3.8) is 0 Å². The summed E-state index contributed by atoms with van der Waals surface area (Å²) in [5, 5.41) is 59.7. The van der Waals surface area contributed by atoms with Gasteiger partial charge in [0, 0.05) is 0 Å². The number of allylic oxidation sites excluding steroid dienone is 2. The summed E-state index contributed by atoms with van der Waals surface area (Å²) < 4.78 is 52.8. The molecule has 0 N–H and O–H groups in total.